The van der Waals surface area contributed by atoms with E-state index in [4.69, 9.17) is 4.74 Å². The van der Waals surface area contributed by atoms with Crippen LogP contribution in [0.5, 0.6) is 0 Å². The molecular weight excluding hydrogens is 308 g/mol. The Bertz CT molecular complexity index is 645. The van der Waals surface area contributed by atoms with Crippen molar-refractivity contribution in [3.8, 4) is 0 Å². The molecule has 0 aromatic carbocycles. The van der Waals surface area contributed by atoms with Gasteiger partial charge in [0.05, 0.1) is 6.61 Å². The highest BCUT2D eigenvalue weighted by atomic mass is 16.5. The predicted octanol–water partition coefficient (Wildman–Crippen LogP) is 1.09. The van der Waals surface area contributed by atoms with E-state index >= 15 is 0 Å². The van der Waals surface area contributed by atoms with E-state index in [1.165, 1.54) is 6.33 Å². The molecule has 3 heterocycles. The minimum Gasteiger partial charge on any atom is -0.383 e. The van der Waals surface area contributed by atoms with Gasteiger partial charge in [-0.3, -0.25) is 4.79 Å². The first kappa shape index (κ1) is 16.6. The van der Waals surface area contributed by atoms with Crippen LogP contribution in [-0.2, 0) is 16.1 Å². The van der Waals surface area contributed by atoms with Crippen LogP contribution in [0.15, 0.2) is 25.0 Å². The maximum atomic E-state index is 12.6. The van der Waals surface area contributed by atoms with Crippen molar-refractivity contribution in [3.63, 3.8) is 0 Å². The van der Waals surface area contributed by atoms with Crippen molar-refractivity contribution in [1.29, 1.82) is 0 Å². The first-order valence-electron chi connectivity index (χ1n) is 8.33. The molecule has 130 valence electrons. The smallest absolute Gasteiger partial charge is 0.247 e. The average molecular weight is 332 g/mol. The van der Waals surface area contributed by atoms with Gasteiger partial charge in [-0.2, -0.15) is 5.10 Å². The zero-order chi connectivity index (χ0) is 16.9. The van der Waals surface area contributed by atoms with E-state index in [9.17, 15) is 4.79 Å². The number of hydrogen-bond acceptors (Lipinski definition) is 5. The fourth-order valence-corrected chi connectivity index (χ4v) is 3.21. The molecule has 2 aromatic rings. The Morgan fingerprint density at radius 1 is 1.42 bits per heavy atom. The van der Waals surface area contributed by atoms with Crippen molar-refractivity contribution >= 4 is 5.91 Å². The lowest BCUT2D eigenvalue weighted by Crippen LogP contribution is -2.41. The summed E-state index contributed by atoms with van der Waals surface area (Å²) in [7, 11) is 1.71. The van der Waals surface area contributed by atoms with Gasteiger partial charge in [0.1, 0.15) is 24.5 Å². The van der Waals surface area contributed by atoms with Crippen LogP contribution in [0.4, 0.5) is 0 Å². The van der Waals surface area contributed by atoms with Crippen molar-refractivity contribution in [2.24, 2.45) is 0 Å². The van der Waals surface area contributed by atoms with Crippen LogP contribution in [0.2, 0.25) is 0 Å². The van der Waals surface area contributed by atoms with Gasteiger partial charge < -0.3 is 14.2 Å². The van der Waals surface area contributed by atoms with Crippen LogP contribution < -0.4 is 0 Å². The summed E-state index contributed by atoms with van der Waals surface area (Å²) in [6.45, 7) is 4.85. The Kier molecular flexibility index (Phi) is 5.24. The molecule has 1 saturated heterocycles. The van der Waals surface area contributed by atoms with Gasteiger partial charge in [0.25, 0.3) is 0 Å². The van der Waals surface area contributed by atoms with Gasteiger partial charge in [-0.1, -0.05) is 0 Å². The Morgan fingerprint density at radius 2 is 2.21 bits per heavy atom. The molecular formula is C16H24N6O2. The number of amides is 1. The molecule has 8 heteroatoms. The molecule has 0 bridgehead atoms. The maximum absolute atomic E-state index is 12.6. The maximum Gasteiger partial charge on any atom is 0.247 e. The van der Waals surface area contributed by atoms with Crippen LogP contribution in [0, 0.1) is 0 Å². The van der Waals surface area contributed by atoms with E-state index in [0.717, 1.165) is 38.3 Å². The number of imidazole rings is 1. The molecule has 1 aliphatic rings. The molecule has 8 nitrogen and oxygen atoms in total. The number of methoxy groups -OCH3 is 1. The molecule has 24 heavy (non-hydrogen) atoms. The minimum absolute atomic E-state index is 0.0988. The molecule has 0 saturated carbocycles. The molecule has 2 aromatic heterocycles. The molecule has 3 rings (SSSR count). The van der Waals surface area contributed by atoms with Crippen molar-refractivity contribution < 1.29 is 9.53 Å². The number of hydrogen-bond donors (Lipinski definition) is 0. The Balaban J connectivity index is 1.58. The van der Waals surface area contributed by atoms with E-state index < -0.39 is 0 Å². The van der Waals surface area contributed by atoms with Gasteiger partial charge in [0.2, 0.25) is 5.91 Å². The highest BCUT2D eigenvalue weighted by molar-refractivity contribution is 5.80. The molecule has 0 unspecified atom stereocenters. The van der Waals surface area contributed by atoms with Crippen molar-refractivity contribution in [3.05, 3.63) is 30.9 Å². The lowest BCUT2D eigenvalue weighted by molar-refractivity contribution is -0.135. The highest BCUT2D eigenvalue weighted by Crippen LogP contribution is 2.28. The Morgan fingerprint density at radius 3 is 2.88 bits per heavy atom. The van der Waals surface area contributed by atoms with E-state index in [2.05, 4.69) is 19.6 Å². The van der Waals surface area contributed by atoms with Gasteiger partial charge in [-0.15, -0.1) is 0 Å². The quantitative estimate of drug-likeness (QED) is 0.791. The average Bonchev–Trinajstić information content (AvgIpc) is 3.30. The van der Waals surface area contributed by atoms with Gasteiger partial charge >= 0.3 is 0 Å². The van der Waals surface area contributed by atoms with Crippen LogP contribution in [0.25, 0.3) is 0 Å². The van der Waals surface area contributed by atoms with E-state index in [1.54, 1.807) is 18.1 Å². The predicted molar refractivity (Wildman–Crippen MR) is 87.4 cm³/mol. The second kappa shape index (κ2) is 7.57. The van der Waals surface area contributed by atoms with E-state index in [1.807, 2.05) is 24.2 Å². The third kappa shape index (κ3) is 3.48. The number of likely N-dealkylation sites (tertiary alicyclic amines) is 1. The summed E-state index contributed by atoms with van der Waals surface area (Å²) in [5.74, 6) is 1.59. The summed E-state index contributed by atoms with van der Waals surface area (Å²) in [4.78, 5) is 23.0. The summed E-state index contributed by atoms with van der Waals surface area (Å²) in [6.07, 6.45) is 8.74. The number of piperidine rings is 1. The molecule has 0 radical (unpaired) electrons. The fourth-order valence-electron chi connectivity index (χ4n) is 3.21. The minimum atomic E-state index is -0.312. The van der Waals surface area contributed by atoms with Crippen molar-refractivity contribution in [1.82, 2.24) is 29.2 Å². The lowest BCUT2D eigenvalue weighted by atomic mass is 9.95. The third-order valence-electron chi connectivity index (χ3n) is 4.65. The monoisotopic (exact) mass is 332 g/mol. The number of aromatic nitrogens is 5. The van der Waals surface area contributed by atoms with Crippen LogP contribution in [0.1, 0.15) is 37.5 Å². The molecule has 1 fully saturated rings. The largest absolute Gasteiger partial charge is 0.383 e. The van der Waals surface area contributed by atoms with Gasteiger partial charge in [-0.05, 0) is 19.8 Å². The molecule has 1 amide bonds. The van der Waals surface area contributed by atoms with Gasteiger partial charge in [-0.25, -0.2) is 14.6 Å². The molecule has 0 aliphatic carbocycles. The second-order valence-electron chi connectivity index (χ2n) is 6.12. The number of rotatable bonds is 6. The van der Waals surface area contributed by atoms with E-state index in [-0.39, 0.29) is 11.9 Å². The topological polar surface area (TPSA) is 78.1 Å². The van der Waals surface area contributed by atoms with Gasteiger partial charge in [0, 0.05) is 45.1 Å². The standard InChI is InChI=1S/C16H24N6O2/c1-13(22-12-17-11-19-22)16(23)21-6-3-14(4-7-21)15-18-5-8-20(15)9-10-24-2/h5,8,11-14H,3-4,6-7,9-10H2,1-2H3/t13-/m0/s1. The third-order valence-corrected chi connectivity index (χ3v) is 4.65. The zero-order valence-electron chi connectivity index (χ0n) is 14.2. The zero-order valence-corrected chi connectivity index (χ0v) is 14.2. The second-order valence-corrected chi connectivity index (χ2v) is 6.12. The summed E-state index contributed by atoms with van der Waals surface area (Å²) >= 11 is 0. The summed E-state index contributed by atoms with van der Waals surface area (Å²) < 4.78 is 8.91. The molecule has 1 aliphatic heterocycles. The van der Waals surface area contributed by atoms with E-state index in [0.29, 0.717) is 12.5 Å². The lowest BCUT2D eigenvalue weighted by Gasteiger charge is -2.33. The molecule has 1 atom stereocenters. The number of carbonyl (C=O) groups excluding carboxylic acids is 1. The Hall–Kier alpha value is -2.22. The van der Waals surface area contributed by atoms with Crippen molar-refractivity contribution in [2.75, 3.05) is 26.8 Å². The SMILES string of the molecule is COCCn1ccnc1C1CCN(C(=O)[C@H](C)n2cncn2)CC1. The Labute approximate surface area is 141 Å². The fraction of sp³-hybridized carbons (Fsp3) is 0.625. The molecule has 0 spiro atoms. The number of carbonyl (C=O) groups is 1. The van der Waals surface area contributed by atoms with Crippen LogP contribution in [0.3, 0.4) is 0 Å². The first-order valence-corrected chi connectivity index (χ1v) is 8.33. The highest BCUT2D eigenvalue weighted by Gasteiger charge is 2.29. The normalized spacial score (nSPS) is 17.2. The number of ether oxygens (including phenoxy) is 1. The summed E-state index contributed by atoms with van der Waals surface area (Å²) in [6, 6.07) is -0.312. The van der Waals surface area contributed by atoms with Crippen LogP contribution >= 0.6 is 0 Å². The number of nitrogens with zero attached hydrogens (tertiary/aromatic N) is 6. The van der Waals surface area contributed by atoms with Crippen molar-refractivity contribution in [2.45, 2.75) is 38.3 Å². The first-order chi connectivity index (χ1) is 11.7. The van der Waals surface area contributed by atoms with Gasteiger partial charge in [0.15, 0.2) is 0 Å². The molecule has 0 N–H and O–H groups in total. The summed E-state index contributed by atoms with van der Waals surface area (Å²) in [5.41, 5.74) is 0. The summed E-state index contributed by atoms with van der Waals surface area (Å²) in [5, 5.41) is 4.06. The van der Waals surface area contributed by atoms with Crippen LogP contribution in [-0.4, -0.2) is 61.9 Å².